The number of benzene rings is 1. The zero-order valence-corrected chi connectivity index (χ0v) is 18.6. The number of anilines is 2. The average molecular weight is 482 g/mol. The Bertz CT molecular complexity index is 1040. The molecule has 0 fully saturated rings. The predicted molar refractivity (Wildman–Crippen MR) is 117 cm³/mol. The second-order valence-electron chi connectivity index (χ2n) is 6.22. The molecule has 10 heteroatoms. The van der Waals surface area contributed by atoms with E-state index in [1.54, 1.807) is 41.8 Å². The third-order valence-electron chi connectivity index (χ3n) is 3.75. The molecule has 7 nitrogen and oxygen atoms in total. The molecule has 0 amide bonds. The van der Waals surface area contributed by atoms with E-state index >= 15 is 0 Å². The van der Waals surface area contributed by atoms with Crippen molar-refractivity contribution >= 4 is 48.9 Å². The molecule has 0 spiro atoms. The summed E-state index contributed by atoms with van der Waals surface area (Å²) in [4.78, 5) is 11.9. The van der Waals surface area contributed by atoms with E-state index in [2.05, 4.69) is 35.9 Å². The summed E-state index contributed by atoms with van der Waals surface area (Å²) in [5.41, 5.74) is 1.52. The minimum atomic E-state index is -3.52. The molecule has 2 N–H and O–H groups in total. The van der Waals surface area contributed by atoms with Gasteiger partial charge in [0.15, 0.2) is 0 Å². The topological polar surface area (TPSA) is 87.2 Å². The highest BCUT2D eigenvalue weighted by Gasteiger charge is 2.13. The molecule has 28 heavy (non-hydrogen) atoms. The molecule has 0 unspecified atom stereocenters. The molecule has 2 heterocycles. The lowest BCUT2D eigenvalue weighted by Gasteiger charge is -2.11. The molecule has 0 aliphatic carbocycles. The van der Waals surface area contributed by atoms with Crippen molar-refractivity contribution in [3.05, 3.63) is 52.4 Å². The number of nitrogens with zero attached hydrogens (tertiary/aromatic N) is 3. The van der Waals surface area contributed by atoms with E-state index < -0.39 is 10.0 Å². The van der Waals surface area contributed by atoms with Crippen molar-refractivity contribution in [1.82, 2.24) is 19.6 Å². The quantitative estimate of drug-likeness (QED) is 0.511. The average Bonchev–Trinajstić information content (AvgIpc) is 3.08. The van der Waals surface area contributed by atoms with Crippen molar-refractivity contribution < 1.29 is 8.42 Å². The van der Waals surface area contributed by atoms with Crippen LogP contribution in [0.4, 0.5) is 11.6 Å². The smallest absolute Gasteiger partial charge is 0.240 e. The van der Waals surface area contributed by atoms with Crippen LogP contribution >= 0.6 is 27.3 Å². The van der Waals surface area contributed by atoms with Gasteiger partial charge in [0.1, 0.15) is 0 Å². The molecule has 2 aromatic heterocycles. The van der Waals surface area contributed by atoms with Crippen LogP contribution in [0, 0.1) is 0 Å². The Hall–Kier alpha value is -1.85. The zero-order valence-electron chi connectivity index (χ0n) is 15.4. The van der Waals surface area contributed by atoms with Gasteiger partial charge in [-0.25, -0.2) is 23.1 Å². The van der Waals surface area contributed by atoms with Gasteiger partial charge in [0, 0.05) is 25.0 Å². The van der Waals surface area contributed by atoms with Crippen LogP contribution in [0.5, 0.6) is 0 Å². The van der Waals surface area contributed by atoms with Gasteiger partial charge in [-0.1, -0.05) is 0 Å². The Morgan fingerprint density at radius 1 is 1.11 bits per heavy atom. The van der Waals surface area contributed by atoms with Crippen molar-refractivity contribution in [2.45, 2.75) is 4.90 Å². The summed E-state index contributed by atoms with van der Waals surface area (Å²) in [6.45, 7) is 0.988. The van der Waals surface area contributed by atoms with E-state index in [4.69, 9.17) is 0 Å². The fraction of sp³-hybridized carbons (Fsp3) is 0.222. The highest BCUT2D eigenvalue weighted by Crippen LogP contribution is 2.30. The number of thiophene rings is 1. The maximum Gasteiger partial charge on any atom is 0.240 e. The molecule has 0 radical (unpaired) electrons. The van der Waals surface area contributed by atoms with Gasteiger partial charge < -0.3 is 10.2 Å². The number of hydrogen-bond donors (Lipinski definition) is 2. The van der Waals surface area contributed by atoms with Crippen LogP contribution < -0.4 is 10.0 Å². The molecule has 148 valence electrons. The van der Waals surface area contributed by atoms with Gasteiger partial charge in [0.25, 0.3) is 0 Å². The molecular formula is C18H20BrN5O2S2. The van der Waals surface area contributed by atoms with E-state index in [9.17, 15) is 8.42 Å². The van der Waals surface area contributed by atoms with E-state index in [1.165, 1.54) is 0 Å². The van der Waals surface area contributed by atoms with Crippen LogP contribution in [0.25, 0.3) is 10.6 Å². The summed E-state index contributed by atoms with van der Waals surface area (Å²) in [6, 6.07) is 12.3. The van der Waals surface area contributed by atoms with Gasteiger partial charge in [0.05, 0.1) is 19.3 Å². The van der Waals surface area contributed by atoms with Crippen LogP contribution in [0.15, 0.2) is 57.3 Å². The molecule has 3 aromatic rings. The molecule has 0 saturated heterocycles. The fourth-order valence-corrected chi connectivity index (χ4v) is 4.72. The SMILES string of the molecule is CN(C)CCNS(=O)(=O)c1ccc(Nc2nccc(-c3ccc(Br)s3)n2)cc1. The van der Waals surface area contributed by atoms with Gasteiger partial charge in [0.2, 0.25) is 16.0 Å². The van der Waals surface area contributed by atoms with Crippen LogP contribution in [-0.4, -0.2) is 50.5 Å². The molecule has 0 atom stereocenters. The molecule has 1 aromatic carbocycles. The Balaban J connectivity index is 1.69. The second-order valence-corrected chi connectivity index (χ2v) is 10.4. The maximum atomic E-state index is 12.3. The Labute approximate surface area is 177 Å². The lowest BCUT2D eigenvalue weighted by molar-refractivity contribution is 0.412. The number of nitrogens with one attached hydrogen (secondary N) is 2. The van der Waals surface area contributed by atoms with Gasteiger partial charge in [-0.15, -0.1) is 11.3 Å². The third-order valence-corrected chi connectivity index (χ3v) is 6.88. The monoisotopic (exact) mass is 481 g/mol. The number of sulfonamides is 1. The molecule has 0 saturated carbocycles. The summed E-state index contributed by atoms with van der Waals surface area (Å²) >= 11 is 5.04. The number of aromatic nitrogens is 2. The Morgan fingerprint density at radius 3 is 2.50 bits per heavy atom. The minimum absolute atomic E-state index is 0.218. The van der Waals surface area contributed by atoms with Crippen LogP contribution in [0.1, 0.15) is 0 Å². The Morgan fingerprint density at radius 2 is 1.86 bits per heavy atom. The van der Waals surface area contributed by atoms with Crippen molar-refractivity contribution in [2.75, 3.05) is 32.5 Å². The minimum Gasteiger partial charge on any atom is -0.324 e. The van der Waals surface area contributed by atoms with E-state index in [0.717, 1.165) is 14.4 Å². The van der Waals surface area contributed by atoms with Crippen molar-refractivity contribution in [3.8, 4) is 10.6 Å². The summed E-state index contributed by atoms with van der Waals surface area (Å²) in [6.07, 6.45) is 1.69. The van der Waals surface area contributed by atoms with E-state index in [0.29, 0.717) is 24.7 Å². The van der Waals surface area contributed by atoms with Crippen molar-refractivity contribution in [2.24, 2.45) is 0 Å². The highest BCUT2D eigenvalue weighted by molar-refractivity contribution is 9.11. The maximum absolute atomic E-state index is 12.3. The number of likely N-dealkylation sites (N-methyl/N-ethyl adjacent to an activating group) is 1. The first-order valence-electron chi connectivity index (χ1n) is 8.44. The van der Waals surface area contributed by atoms with E-state index in [1.807, 2.05) is 37.2 Å². The Kier molecular flexibility index (Phi) is 6.78. The van der Waals surface area contributed by atoms with Gasteiger partial charge in [-0.05, 0) is 72.5 Å². The second kappa shape index (κ2) is 9.10. The fourth-order valence-electron chi connectivity index (χ4n) is 2.34. The van der Waals surface area contributed by atoms with Crippen molar-refractivity contribution in [3.63, 3.8) is 0 Å². The van der Waals surface area contributed by atoms with Crippen LogP contribution in [-0.2, 0) is 10.0 Å². The summed E-state index contributed by atoms with van der Waals surface area (Å²) < 4.78 is 28.2. The normalized spacial score (nSPS) is 11.7. The summed E-state index contributed by atoms with van der Waals surface area (Å²) in [5, 5.41) is 3.11. The first-order chi connectivity index (χ1) is 13.3. The van der Waals surface area contributed by atoms with Crippen molar-refractivity contribution in [1.29, 1.82) is 0 Å². The molecule has 0 aliphatic rings. The summed E-state index contributed by atoms with van der Waals surface area (Å²) in [7, 11) is 0.259. The highest BCUT2D eigenvalue weighted by atomic mass is 79.9. The molecule has 0 bridgehead atoms. The van der Waals surface area contributed by atoms with E-state index in [-0.39, 0.29) is 4.90 Å². The molecule has 0 aliphatic heterocycles. The third kappa shape index (κ3) is 5.58. The number of hydrogen-bond acceptors (Lipinski definition) is 7. The van der Waals surface area contributed by atoms with Crippen LogP contribution in [0.3, 0.4) is 0 Å². The first-order valence-corrected chi connectivity index (χ1v) is 11.5. The van der Waals surface area contributed by atoms with Gasteiger partial charge in [-0.2, -0.15) is 0 Å². The van der Waals surface area contributed by atoms with Gasteiger partial charge in [-0.3, -0.25) is 0 Å². The molecular weight excluding hydrogens is 462 g/mol. The first kappa shape index (κ1) is 20.9. The zero-order chi connectivity index (χ0) is 20.1. The number of rotatable bonds is 8. The largest absolute Gasteiger partial charge is 0.324 e. The molecule has 3 rings (SSSR count). The summed E-state index contributed by atoms with van der Waals surface area (Å²) in [5.74, 6) is 0.446. The lowest BCUT2D eigenvalue weighted by Crippen LogP contribution is -2.31. The predicted octanol–water partition coefficient (Wildman–Crippen LogP) is 3.55. The van der Waals surface area contributed by atoms with Gasteiger partial charge >= 0.3 is 0 Å². The standard InChI is InChI=1S/C18H20BrN5O2S2/c1-24(2)12-11-21-28(25,26)14-5-3-13(4-6-14)22-18-20-10-9-15(23-18)16-7-8-17(19)27-16/h3-10,21H,11-12H2,1-2H3,(H,20,22,23). The number of halogens is 1. The lowest BCUT2D eigenvalue weighted by atomic mass is 10.3. The van der Waals surface area contributed by atoms with Crippen LogP contribution in [0.2, 0.25) is 0 Å².